The van der Waals surface area contributed by atoms with Crippen LogP contribution in [0.2, 0.25) is 0 Å². The molecule has 0 saturated carbocycles. The Morgan fingerprint density at radius 2 is 2.00 bits per heavy atom. The molecule has 96 valence electrons. The van der Waals surface area contributed by atoms with Crippen molar-refractivity contribution in [1.82, 2.24) is 14.5 Å². The summed E-state index contributed by atoms with van der Waals surface area (Å²) in [6, 6.07) is 0.447. The van der Waals surface area contributed by atoms with E-state index in [0.717, 1.165) is 19.4 Å². The normalized spacial score (nSPS) is 12.6. The fourth-order valence-corrected chi connectivity index (χ4v) is 1.78. The Balaban J connectivity index is 2.56. The van der Waals surface area contributed by atoms with E-state index in [1.165, 1.54) is 9.13 Å². The van der Waals surface area contributed by atoms with E-state index in [2.05, 4.69) is 19.2 Å². The molecule has 1 aromatic heterocycles. The lowest BCUT2D eigenvalue weighted by molar-refractivity contribution is 0.479. The third-order valence-electron chi connectivity index (χ3n) is 2.82. The van der Waals surface area contributed by atoms with Crippen LogP contribution in [0.1, 0.15) is 26.7 Å². The van der Waals surface area contributed by atoms with Crippen molar-refractivity contribution in [2.45, 2.75) is 39.3 Å². The van der Waals surface area contributed by atoms with E-state index < -0.39 is 11.1 Å². The molecule has 0 amide bonds. The van der Waals surface area contributed by atoms with Crippen LogP contribution in [0.3, 0.4) is 0 Å². The molecule has 5 heteroatoms. The molecule has 1 unspecified atom stereocenters. The number of aromatic nitrogens is 2. The molecule has 0 saturated heterocycles. The Morgan fingerprint density at radius 3 is 2.65 bits per heavy atom. The fraction of sp³-hybridized carbons (Fsp3) is 0.667. The lowest BCUT2D eigenvalue weighted by Gasteiger charge is -2.12. The number of aryl methyl sites for hydroxylation is 2. The van der Waals surface area contributed by atoms with E-state index in [4.69, 9.17) is 0 Å². The van der Waals surface area contributed by atoms with E-state index >= 15 is 0 Å². The minimum atomic E-state index is -0.466. The SMILES string of the molecule is CCNC(C)CCCn1ccn(C)c(=O)c1=O. The van der Waals surface area contributed by atoms with Crippen molar-refractivity contribution in [2.75, 3.05) is 6.54 Å². The molecule has 1 heterocycles. The molecule has 0 spiro atoms. The highest BCUT2D eigenvalue weighted by atomic mass is 16.2. The zero-order valence-corrected chi connectivity index (χ0v) is 10.8. The molecule has 5 nitrogen and oxygen atoms in total. The van der Waals surface area contributed by atoms with Crippen molar-refractivity contribution < 1.29 is 0 Å². The first-order valence-corrected chi connectivity index (χ1v) is 6.05. The first kappa shape index (κ1) is 13.7. The fourth-order valence-electron chi connectivity index (χ4n) is 1.78. The monoisotopic (exact) mass is 239 g/mol. The lowest BCUT2D eigenvalue weighted by atomic mass is 10.2. The van der Waals surface area contributed by atoms with Crippen LogP contribution in [-0.2, 0) is 13.6 Å². The van der Waals surface area contributed by atoms with Crippen LogP contribution in [-0.4, -0.2) is 21.7 Å². The zero-order chi connectivity index (χ0) is 12.8. The Kier molecular flexibility index (Phi) is 5.15. The Hall–Kier alpha value is -1.36. The van der Waals surface area contributed by atoms with Gasteiger partial charge in [0, 0.05) is 32.0 Å². The standard InChI is InChI=1S/C12H21N3O2/c1-4-13-10(2)6-5-7-15-9-8-14(3)11(16)12(15)17/h8-10,13H,4-7H2,1-3H3. The molecule has 0 aromatic carbocycles. The summed E-state index contributed by atoms with van der Waals surface area (Å²) in [5.41, 5.74) is -0.904. The highest BCUT2D eigenvalue weighted by Gasteiger charge is 2.03. The summed E-state index contributed by atoms with van der Waals surface area (Å²) in [7, 11) is 1.58. The molecule has 0 radical (unpaired) electrons. The molecule has 0 aliphatic carbocycles. The third kappa shape index (κ3) is 3.85. The summed E-state index contributed by atoms with van der Waals surface area (Å²) in [5, 5.41) is 3.31. The summed E-state index contributed by atoms with van der Waals surface area (Å²) in [6.45, 7) is 5.75. The molecule has 1 atom stereocenters. The molecule has 1 aromatic rings. The third-order valence-corrected chi connectivity index (χ3v) is 2.82. The van der Waals surface area contributed by atoms with Crippen LogP contribution in [0.25, 0.3) is 0 Å². The highest BCUT2D eigenvalue weighted by molar-refractivity contribution is 4.84. The Bertz CT molecular complexity index is 462. The molecule has 0 aliphatic rings. The van der Waals surface area contributed by atoms with Crippen LogP contribution in [0.4, 0.5) is 0 Å². The number of nitrogens with zero attached hydrogens (tertiary/aromatic N) is 2. The maximum atomic E-state index is 11.6. The minimum absolute atomic E-state index is 0.439. The summed E-state index contributed by atoms with van der Waals surface area (Å²) < 4.78 is 2.79. The van der Waals surface area contributed by atoms with Crippen molar-refractivity contribution in [3.8, 4) is 0 Å². The zero-order valence-electron chi connectivity index (χ0n) is 10.8. The molecular weight excluding hydrogens is 218 g/mol. The van der Waals surface area contributed by atoms with Gasteiger partial charge >= 0.3 is 11.1 Å². The largest absolute Gasteiger partial charge is 0.316 e. The van der Waals surface area contributed by atoms with Crippen molar-refractivity contribution >= 4 is 0 Å². The molecule has 0 bridgehead atoms. The number of hydrogen-bond donors (Lipinski definition) is 1. The maximum absolute atomic E-state index is 11.6. The van der Waals surface area contributed by atoms with E-state index in [0.29, 0.717) is 12.6 Å². The molecule has 1 N–H and O–H groups in total. The predicted molar refractivity (Wildman–Crippen MR) is 68.3 cm³/mol. The minimum Gasteiger partial charge on any atom is -0.315 e. The van der Waals surface area contributed by atoms with Crippen LogP contribution in [0.15, 0.2) is 22.0 Å². The lowest BCUT2D eigenvalue weighted by Crippen LogP contribution is -2.39. The second-order valence-corrected chi connectivity index (χ2v) is 4.31. The molecular formula is C12H21N3O2. The van der Waals surface area contributed by atoms with Gasteiger partial charge in [-0.25, -0.2) is 0 Å². The molecule has 17 heavy (non-hydrogen) atoms. The van der Waals surface area contributed by atoms with Gasteiger partial charge in [-0.3, -0.25) is 9.59 Å². The van der Waals surface area contributed by atoms with Gasteiger partial charge in [0.1, 0.15) is 0 Å². The number of hydrogen-bond acceptors (Lipinski definition) is 3. The number of nitrogens with one attached hydrogen (secondary N) is 1. The second-order valence-electron chi connectivity index (χ2n) is 4.31. The summed E-state index contributed by atoms with van der Waals surface area (Å²) >= 11 is 0. The van der Waals surface area contributed by atoms with E-state index in [9.17, 15) is 9.59 Å². The van der Waals surface area contributed by atoms with Crippen LogP contribution < -0.4 is 16.4 Å². The Labute approximate surface area is 101 Å². The van der Waals surface area contributed by atoms with E-state index in [1.807, 2.05) is 0 Å². The molecule has 0 aliphatic heterocycles. The predicted octanol–water partition coefficient (Wildman–Crippen LogP) is 0.325. The smallest absolute Gasteiger partial charge is 0.315 e. The highest BCUT2D eigenvalue weighted by Crippen LogP contribution is 1.97. The first-order valence-electron chi connectivity index (χ1n) is 6.05. The summed E-state index contributed by atoms with van der Waals surface area (Å²) in [4.78, 5) is 23.0. The Morgan fingerprint density at radius 1 is 1.29 bits per heavy atom. The van der Waals surface area contributed by atoms with Crippen molar-refractivity contribution in [3.05, 3.63) is 33.1 Å². The molecule has 1 rings (SSSR count). The van der Waals surface area contributed by atoms with Gasteiger partial charge in [-0.2, -0.15) is 0 Å². The van der Waals surface area contributed by atoms with Gasteiger partial charge in [0.2, 0.25) is 0 Å². The van der Waals surface area contributed by atoms with Gasteiger partial charge in [-0.05, 0) is 26.3 Å². The first-order chi connectivity index (χ1) is 8.06. The quantitative estimate of drug-likeness (QED) is 0.728. The average Bonchev–Trinajstić information content (AvgIpc) is 2.29. The van der Waals surface area contributed by atoms with Gasteiger partial charge in [0.05, 0.1) is 0 Å². The van der Waals surface area contributed by atoms with Crippen molar-refractivity contribution in [2.24, 2.45) is 7.05 Å². The van der Waals surface area contributed by atoms with Gasteiger partial charge in [-0.1, -0.05) is 6.92 Å². The topological polar surface area (TPSA) is 56.0 Å². The number of rotatable bonds is 6. The maximum Gasteiger partial charge on any atom is 0.316 e. The van der Waals surface area contributed by atoms with E-state index in [-0.39, 0.29) is 0 Å². The molecule has 0 fully saturated rings. The van der Waals surface area contributed by atoms with Crippen LogP contribution in [0, 0.1) is 0 Å². The summed E-state index contributed by atoms with van der Waals surface area (Å²) in [5.74, 6) is 0. The van der Waals surface area contributed by atoms with Gasteiger partial charge in [0.15, 0.2) is 0 Å². The van der Waals surface area contributed by atoms with Gasteiger partial charge < -0.3 is 14.5 Å². The van der Waals surface area contributed by atoms with Crippen LogP contribution >= 0.6 is 0 Å². The van der Waals surface area contributed by atoms with Crippen LogP contribution in [0.5, 0.6) is 0 Å². The van der Waals surface area contributed by atoms with E-state index in [1.54, 1.807) is 19.4 Å². The average molecular weight is 239 g/mol. The summed E-state index contributed by atoms with van der Waals surface area (Å²) in [6.07, 6.45) is 5.18. The second kappa shape index (κ2) is 6.39. The van der Waals surface area contributed by atoms with Gasteiger partial charge in [0.25, 0.3) is 0 Å². The van der Waals surface area contributed by atoms with Crippen molar-refractivity contribution in [1.29, 1.82) is 0 Å². The van der Waals surface area contributed by atoms with Crippen molar-refractivity contribution in [3.63, 3.8) is 0 Å². The van der Waals surface area contributed by atoms with Gasteiger partial charge in [-0.15, -0.1) is 0 Å².